The van der Waals surface area contributed by atoms with Gasteiger partial charge in [0, 0.05) is 13.6 Å². The van der Waals surface area contributed by atoms with E-state index >= 15 is 0 Å². The fraction of sp³-hybridized carbons (Fsp3) is 0.0968. The fourth-order valence-corrected chi connectivity index (χ4v) is 8.56. The first-order valence-corrected chi connectivity index (χ1v) is 19.1. The standard InChI is InChI=1S/C62H44/c1-62(2)56-17-7-6-16-53(56)54-31-28-47(37-57(54)62)55-36-48(32-38-10-4-3-5-11-38)49(33-45-24-22-43-20-18-39-12-8-14-41-26-29-51(45)60(43)58(39)41)35-50(55)34-46-25-23-44-21-19-40-13-9-15-42-27-30-52(46)61(44)59(40)42/h3-31,35-37H,32-34H2,1-2H3/i1D3,2D3,3D,4D,5D,6D,7D,8D,9D,10D,11D,12D,13D,14D,15D,16D,17D,18D,19D,20D,21D,22D,23D,24D,25D,26D,27D,28D,29D,30D,31D,35D,36D,37D. The van der Waals surface area contributed by atoms with Crippen LogP contribution in [0.4, 0.5) is 0 Å². The molecule has 0 aromatic heterocycles. The number of fused-ring (bicyclic) bond motifs is 3. The molecule has 0 saturated heterocycles. The van der Waals surface area contributed by atoms with Crippen LogP contribution in [-0.2, 0) is 24.7 Å². The lowest BCUT2D eigenvalue weighted by Gasteiger charge is -2.23. The van der Waals surface area contributed by atoms with E-state index in [4.69, 9.17) is 28.8 Å². The van der Waals surface area contributed by atoms with Crippen molar-refractivity contribution in [3.63, 3.8) is 0 Å². The molecule has 0 radical (unpaired) electrons. The molecule has 0 heterocycles. The van der Waals surface area contributed by atoms with Crippen LogP contribution in [0.2, 0.25) is 0 Å². The van der Waals surface area contributed by atoms with Crippen molar-refractivity contribution in [2.45, 2.75) is 38.4 Å². The van der Waals surface area contributed by atoms with E-state index in [-0.39, 0.29) is 16.2 Å². The highest BCUT2D eigenvalue weighted by Gasteiger charge is 2.35. The smallest absolute Gasteiger partial charge is 0.0622 e. The van der Waals surface area contributed by atoms with Crippen LogP contribution < -0.4 is 0 Å². The minimum atomic E-state index is -4.03. The van der Waals surface area contributed by atoms with Crippen molar-refractivity contribution in [3.05, 3.63) is 238 Å². The lowest BCUT2D eigenvalue weighted by Crippen LogP contribution is -2.15. The molecule has 0 bridgehead atoms. The summed E-state index contributed by atoms with van der Waals surface area (Å²) in [7, 11) is 0. The van der Waals surface area contributed by atoms with Crippen LogP contribution >= 0.6 is 0 Å². The van der Waals surface area contributed by atoms with Gasteiger partial charge in [0.1, 0.15) is 0 Å². The lowest BCUT2D eigenvalue weighted by molar-refractivity contribution is 0.660. The molecule has 12 aromatic rings. The second-order valence-corrected chi connectivity index (χ2v) is 14.9. The number of hydrogen-bond donors (Lipinski definition) is 0. The van der Waals surface area contributed by atoms with E-state index < -0.39 is 347 Å². The van der Waals surface area contributed by atoms with Crippen LogP contribution in [0.3, 0.4) is 0 Å². The van der Waals surface area contributed by atoms with E-state index in [1.807, 2.05) is 0 Å². The Labute approximate surface area is 415 Å². The molecule has 1 aliphatic carbocycles. The summed E-state index contributed by atoms with van der Waals surface area (Å²) in [6, 6.07) is -30.5. The van der Waals surface area contributed by atoms with E-state index in [1.54, 1.807) is 0 Å². The first kappa shape index (κ1) is 14.4. The van der Waals surface area contributed by atoms with Crippen molar-refractivity contribution in [2.75, 3.05) is 0 Å². The molecule has 12 aromatic carbocycles. The second kappa shape index (κ2) is 13.4. The Morgan fingerprint density at radius 3 is 1.50 bits per heavy atom. The van der Waals surface area contributed by atoms with Crippen LogP contribution in [0.15, 0.2) is 193 Å². The van der Waals surface area contributed by atoms with Crippen LogP contribution in [0.5, 0.6) is 0 Å². The zero-order valence-electron chi connectivity index (χ0n) is 69.6. The van der Waals surface area contributed by atoms with Gasteiger partial charge in [-0.15, -0.1) is 0 Å². The number of hydrogen-bond acceptors (Lipinski definition) is 0. The quantitative estimate of drug-likeness (QED) is 0.140. The minimum Gasteiger partial charge on any atom is -0.0622 e. The van der Waals surface area contributed by atoms with Gasteiger partial charge in [-0.3, -0.25) is 0 Å². The Balaban J connectivity index is 1.28. The summed E-state index contributed by atoms with van der Waals surface area (Å²) in [5.74, 6) is 0. The normalized spacial score (nSPS) is 22.4. The third kappa shape index (κ3) is 5.33. The van der Waals surface area contributed by atoms with Gasteiger partial charge in [-0.05, 0) is 157 Å². The highest BCUT2D eigenvalue weighted by Crippen LogP contribution is 2.50. The zero-order chi connectivity index (χ0) is 74.0. The molecule has 0 atom stereocenters. The molecular weight excluding hydrogens is 745 g/mol. The predicted octanol–water partition coefficient (Wildman–Crippen LogP) is 16.2. The van der Waals surface area contributed by atoms with Gasteiger partial charge in [-0.2, -0.15) is 0 Å². The third-order valence-electron chi connectivity index (χ3n) is 11.4. The molecule has 0 fully saturated rings. The Hall–Kier alpha value is -7.28. The first-order valence-electron chi connectivity index (χ1n) is 38.1. The monoisotopic (exact) mass is 827 g/mol. The Morgan fingerprint density at radius 2 is 0.871 bits per heavy atom. The molecule has 0 heteroatoms. The molecule has 0 amide bonds. The highest BCUT2D eigenvalue weighted by molar-refractivity contribution is 6.24. The average molecular weight is 827 g/mol. The van der Waals surface area contributed by atoms with Gasteiger partial charge in [0.2, 0.25) is 0 Å². The summed E-state index contributed by atoms with van der Waals surface area (Å²) in [4.78, 5) is 0. The molecule has 0 nitrogen and oxygen atoms in total. The molecule has 292 valence electrons. The predicted molar refractivity (Wildman–Crippen MR) is 265 cm³/mol. The van der Waals surface area contributed by atoms with Crippen LogP contribution in [-0.4, -0.2) is 0 Å². The maximum atomic E-state index is 10.8. The molecule has 13 rings (SSSR count). The number of rotatable bonds is 7. The third-order valence-corrected chi connectivity index (χ3v) is 11.4. The Morgan fingerprint density at radius 1 is 0.355 bits per heavy atom. The van der Waals surface area contributed by atoms with Crippen molar-refractivity contribution in [3.8, 4) is 22.3 Å². The van der Waals surface area contributed by atoms with Crippen LogP contribution in [0.1, 0.15) is 110 Å². The van der Waals surface area contributed by atoms with Crippen molar-refractivity contribution in [2.24, 2.45) is 0 Å². The molecule has 0 spiro atoms. The summed E-state index contributed by atoms with van der Waals surface area (Å²) >= 11 is 0. The van der Waals surface area contributed by atoms with E-state index in [0.29, 0.717) is 0 Å². The van der Waals surface area contributed by atoms with Crippen molar-refractivity contribution < 1.29 is 52.1 Å². The molecule has 0 aliphatic heterocycles. The molecule has 62 heavy (non-hydrogen) atoms. The van der Waals surface area contributed by atoms with Crippen molar-refractivity contribution in [1.29, 1.82) is 0 Å². The van der Waals surface area contributed by atoms with Gasteiger partial charge >= 0.3 is 0 Å². The van der Waals surface area contributed by atoms with Gasteiger partial charge in [0.05, 0.1) is 43.9 Å². The van der Waals surface area contributed by atoms with Gasteiger partial charge in [0.25, 0.3) is 0 Å². The number of benzene rings is 12. The maximum Gasteiger partial charge on any atom is 0.0633 e. The minimum absolute atomic E-state index is 0.338. The second-order valence-electron chi connectivity index (χ2n) is 14.9. The van der Waals surface area contributed by atoms with Gasteiger partial charge in [-0.25, -0.2) is 0 Å². The van der Waals surface area contributed by atoms with Gasteiger partial charge < -0.3 is 0 Å². The fourth-order valence-electron chi connectivity index (χ4n) is 8.56. The van der Waals surface area contributed by atoms with E-state index in [0.717, 1.165) is 0 Å². The SMILES string of the molecule is [2H]c1c([2H])c([2H])c(Cc2c([2H])c(-c3c([2H])c([2H])c4c(c3[2H])C(C([2H])([2H])[2H])(C([2H])([2H])[2H])c3c([2H])c([2H])c([2H])c([2H])c3-4)c(Cc3c([2H])c([2H])c4c([2H])c([2H])c5c([2H])c([2H])c([2H])c6c([2H])c([2H])c3c4c56)c([2H])c2Cc2c([2H])c([2H])c3c([2H])c([2H])c4c([2H])c([2H])c([2H])c5c([2H])c([2H])c2c3c45)c([2H])c1[2H]. The molecule has 0 N–H and O–H groups in total. The molecule has 1 aliphatic rings. The van der Waals surface area contributed by atoms with Crippen LogP contribution in [0.25, 0.3) is 86.9 Å². The average Bonchev–Trinajstić information content (AvgIpc) is 1.45. The van der Waals surface area contributed by atoms with Gasteiger partial charge in [0.15, 0.2) is 0 Å². The Kier molecular flexibility index (Phi) is 3.10. The topological polar surface area (TPSA) is 0 Å². The zero-order valence-corrected chi connectivity index (χ0v) is 31.6. The van der Waals surface area contributed by atoms with Crippen LogP contribution in [0, 0.1) is 0 Å². The van der Waals surface area contributed by atoms with Crippen molar-refractivity contribution >= 4 is 64.6 Å². The molecule has 0 unspecified atom stereocenters. The van der Waals surface area contributed by atoms with E-state index in [1.165, 1.54) is 0 Å². The van der Waals surface area contributed by atoms with Gasteiger partial charge in [-0.1, -0.05) is 201 Å². The summed E-state index contributed by atoms with van der Waals surface area (Å²) in [6.45, 7) is -8.06. The summed E-state index contributed by atoms with van der Waals surface area (Å²) in [5, 5.41) is -5.61. The maximum absolute atomic E-state index is 10.8. The Bertz CT molecular complexity index is 5770. The summed E-state index contributed by atoms with van der Waals surface area (Å²) in [6.07, 6.45) is -3.42. The van der Waals surface area contributed by atoms with E-state index in [9.17, 15) is 23.3 Å². The lowest BCUT2D eigenvalue weighted by atomic mass is 9.80. The molecule has 0 saturated carbocycles. The van der Waals surface area contributed by atoms with E-state index in [2.05, 4.69) is 0 Å². The van der Waals surface area contributed by atoms with Crippen molar-refractivity contribution in [1.82, 2.24) is 0 Å². The summed E-state index contributed by atoms with van der Waals surface area (Å²) < 4.78 is 353. The largest absolute Gasteiger partial charge is 0.0633 e. The molecular formula is C62H44. The first-order chi connectivity index (χ1) is 46.3. The summed E-state index contributed by atoms with van der Waals surface area (Å²) in [5.41, 5.74) is -14.2. The highest BCUT2D eigenvalue weighted by atomic mass is 14.4.